The molecule has 0 amide bonds. The monoisotopic (exact) mass is 302 g/mol. The van der Waals surface area contributed by atoms with E-state index in [1.54, 1.807) is 11.3 Å². The zero-order valence-electron chi connectivity index (χ0n) is 12.5. The van der Waals surface area contributed by atoms with Gasteiger partial charge in [-0.05, 0) is 32.3 Å². The molecule has 0 saturated heterocycles. The van der Waals surface area contributed by atoms with Gasteiger partial charge >= 0.3 is 0 Å². The number of nitrogens with zero attached hydrogens (tertiary/aromatic N) is 1. The summed E-state index contributed by atoms with van der Waals surface area (Å²) in [6.07, 6.45) is 3.75. The summed E-state index contributed by atoms with van der Waals surface area (Å²) in [6, 6.07) is 10.3. The first-order valence-corrected chi connectivity index (χ1v) is 8.31. The van der Waals surface area contributed by atoms with Crippen LogP contribution in [0.25, 0.3) is 0 Å². The van der Waals surface area contributed by atoms with E-state index < -0.39 is 0 Å². The minimum absolute atomic E-state index is 0.00927. The van der Waals surface area contributed by atoms with E-state index in [1.165, 1.54) is 4.88 Å². The van der Waals surface area contributed by atoms with Crippen molar-refractivity contribution in [2.75, 3.05) is 6.54 Å². The van der Waals surface area contributed by atoms with E-state index in [1.807, 2.05) is 43.5 Å². The van der Waals surface area contributed by atoms with Crippen molar-refractivity contribution in [3.8, 4) is 0 Å². The minimum atomic E-state index is -0.374. The Morgan fingerprint density at radius 1 is 1.33 bits per heavy atom. The van der Waals surface area contributed by atoms with Crippen molar-refractivity contribution in [1.29, 1.82) is 0 Å². The Kier molecular flexibility index (Phi) is 4.11. The molecule has 0 radical (unpaired) electrons. The summed E-state index contributed by atoms with van der Waals surface area (Å²) in [7, 11) is 0. The summed E-state index contributed by atoms with van der Waals surface area (Å²) in [5.74, 6) is 0. The van der Waals surface area contributed by atoms with Crippen molar-refractivity contribution in [2.45, 2.75) is 38.8 Å². The van der Waals surface area contributed by atoms with Gasteiger partial charge in [0.05, 0.1) is 11.1 Å². The van der Waals surface area contributed by atoms with E-state index >= 15 is 0 Å². The van der Waals surface area contributed by atoms with Crippen LogP contribution in [0.3, 0.4) is 0 Å². The number of rotatable bonds is 6. The number of hydrogen-bond acceptors (Lipinski definition) is 4. The van der Waals surface area contributed by atoms with E-state index in [4.69, 9.17) is 0 Å². The van der Waals surface area contributed by atoms with Gasteiger partial charge in [-0.2, -0.15) is 0 Å². The van der Waals surface area contributed by atoms with Gasteiger partial charge in [-0.1, -0.05) is 30.3 Å². The predicted octanol–water partition coefficient (Wildman–Crippen LogP) is 3.62. The first-order valence-electron chi connectivity index (χ1n) is 7.49. The molecule has 2 aromatic rings. The number of aliphatic hydroxyl groups excluding tert-OH is 1. The maximum atomic E-state index is 10.6. The lowest BCUT2D eigenvalue weighted by molar-refractivity contribution is 0.0904. The summed E-state index contributed by atoms with van der Waals surface area (Å²) >= 11 is 1.74. The fourth-order valence-corrected chi connectivity index (χ4v) is 3.54. The van der Waals surface area contributed by atoms with Gasteiger partial charge in [-0.25, -0.2) is 4.98 Å². The summed E-state index contributed by atoms with van der Waals surface area (Å²) in [5, 5.41) is 15.3. The maximum Gasteiger partial charge on any atom is 0.0897 e. The molecule has 1 fully saturated rings. The first kappa shape index (κ1) is 14.7. The third kappa shape index (κ3) is 3.18. The van der Waals surface area contributed by atoms with Crippen LogP contribution in [0.1, 0.15) is 47.4 Å². The van der Waals surface area contributed by atoms with Gasteiger partial charge in [0.25, 0.3) is 0 Å². The second-order valence-electron chi connectivity index (χ2n) is 6.06. The smallest absolute Gasteiger partial charge is 0.0897 e. The van der Waals surface area contributed by atoms with Crippen LogP contribution < -0.4 is 5.32 Å². The molecule has 1 aromatic heterocycles. The molecule has 2 N–H and O–H groups in total. The number of aryl methyl sites for hydroxylation is 1. The first-order chi connectivity index (χ1) is 10.1. The van der Waals surface area contributed by atoms with Crippen LogP contribution in [0.2, 0.25) is 0 Å². The number of thiazole rings is 1. The van der Waals surface area contributed by atoms with Crippen molar-refractivity contribution < 1.29 is 5.11 Å². The molecule has 3 nitrogen and oxygen atoms in total. The van der Waals surface area contributed by atoms with Crippen LogP contribution in [-0.4, -0.2) is 16.6 Å². The molecule has 21 heavy (non-hydrogen) atoms. The van der Waals surface area contributed by atoms with Crippen molar-refractivity contribution >= 4 is 11.3 Å². The third-order valence-electron chi connectivity index (χ3n) is 4.41. The standard InChI is InChI=1S/C17H22N2OS/c1-12(15-10-18-13(2)21-15)19-11-17(8-9-17)16(20)14-6-4-3-5-7-14/h3-7,10,12,16,19-20H,8-9,11H2,1-2H3. The lowest BCUT2D eigenvalue weighted by Gasteiger charge is -2.25. The minimum Gasteiger partial charge on any atom is -0.388 e. The van der Waals surface area contributed by atoms with Crippen molar-refractivity contribution in [3.63, 3.8) is 0 Å². The molecule has 3 rings (SSSR count). The van der Waals surface area contributed by atoms with E-state index in [-0.39, 0.29) is 17.6 Å². The number of nitrogens with one attached hydrogen (secondary N) is 1. The molecule has 0 bridgehead atoms. The summed E-state index contributed by atoms with van der Waals surface area (Å²) in [4.78, 5) is 5.57. The zero-order chi connectivity index (χ0) is 14.9. The van der Waals surface area contributed by atoms with Gasteiger partial charge in [0.15, 0.2) is 0 Å². The molecule has 2 atom stereocenters. The zero-order valence-corrected chi connectivity index (χ0v) is 13.4. The molecule has 4 heteroatoms. The SMILES string of the molecule is Cc1ncc(C(C)NCC2(C(O)c3ccccc3)CC2)s1. The molecular weight excluding hydrogens is 280 g/mol. The van der Waals surface area contributed by atoms with Crippen LogP contribution in [-0.2, 0) is 0 Å². The predicted molar refractivity (Wildman–Crippen MR) is 86.3 cm³/mol. The lowest BCUT2D eigenvalue weighted by Crippen LogP contribution is -2.30. The molecule has 1 saturated carbocycles. The van der Waals surface area contributed by atoms with E-state index in [9.17, 15) is 5.11 Å². The van der Waals surface area contributed by atoms with Crippen LogP contribution in [0, 0.1) is 12.3 Å². The van der Waals surface area contributed by atoms with Crippen molar-refractivity contribution in [1.82, 2.24) is 10.3 Å². The maximum absolute atomic E-state index is 10.6. The van der Waals surface area contributed by atoms with Crippen LogP contribution in [0.4, 0.5) is 0 Å². The Morgan fingerprint density at radius 3 is 2.62 bits per heavy atom. The fourth-order valence-electron chi connectivity index (χ4n) is 2.73. The van der Waals surface area contributed by atoms with Gasteiger partial charge in [-0.15, -0.1) is 11.3 Å². The van der Waals surface area contributed by atoms with Crippen LogP contribution in [0.5, 0.6) is 0 Å². The Labute approximate surface area is 130 Å². The highest BCUT2D eigenvalue weighted by atomic mass is 32.1. The average molecular weight is 302 g/mol. The van der Waals surface area contributed by atoms with Gasteiger partial charge in [0.2, 0.25) is 0 Å². The number of aliphatic hydroxyl groups is 1. The largest absolute Gasteiger partial charge is 0.388 e. The molecule has 0 spiro atoms. The average Bonchev–Trinajstić information content (AvgIpc) is 3.19. The molecular formula is C17H22N2OS. The summed E-state index contributed by atoms with van der Waals surface area (Å²) in [6.45, 7) is 5.04. The Hall–Kier alpha value is -1.23. The van der Waals surface area contributed by atoms with Gasteiger partial charge < -0.3 is 10.4 Å². The van der Waals surface area contributed by atoms with Gasteiger partial charge in [0.1, 0.15) is 0 Å². The normalized spacial score (nSPS) is 19.2. The van der Waals surface area contributed by atoms with Crippen LogP contribution in [0.15, 0.2) is 36.5 Å². The highest BCUT2D eigenvalue weighted by Crippen LogP contribution is 2.54. The number of hydrogen-bond donors (Lipinski definition) is 2. The quantitative estimate of drug-likeness (QED) is 0.856. The number of benzene rings is 1. The highest BCUT2D eigenvalue weighted by molar-refractivity contribution is 7.11. The van der Waals surface area contributed by atoms with E-state index in [0.29, 0.717) is 0 Å². The highest BCUT2D eigenvalue weighted by Gasteiger charge is 2.49. The van der Waals surface area contributed by atoms with Gasteiger partial charge in [-0.3, -0.25) is 0 Å². The molecule has 1 aliphatic rings. The molecule has 0 aliphatic heterocycles. The molecule has 1 aromatic carbocycles. The fraction of sp³-hybridized carbons (Fsp3) is 0.471. The third-order valence-corrected chi connectivity index (χ3v) is 5.51. The molecule has 112 valence electrons. The van der Waals surface area contributed by atoms with E-state index in [0.717, 1.165) is 30.0 Å². The Morgan fingerprint density at radius 2 is 2.05 bits per heavy atom. The lowest BCUT2D eigenvalue weighted by atomic mass is 9.92. The molecule has 1 heterocycles. The Balaban J connectivity index is 1.62. The summed E-state index contributed by atoms with van der Waals surface area (Å²) < 4.78 is 0. The molecule has 2 unspecified atom stereocenters. The Bertz CT molecular complexity index is 592. The van der Waals surface area contributed by atoms with Crippen molar-refractivity contribution in [3.05, 3.63) is 52.0 Å². The summed E-state index contributed by atoms with van der Waals surface area (Å²) in [5.41, 5.74) is 1.04. The molecule has 1 aliphatic carbocycles. The topological polar surface area (TPSA) is 45.2 Å². The second-order valence-corrected chi connectivity index (χ2v) is 7.33. The van der Waals surface area contributed by atoms with Crippen molar-refractivity contribution in [2.24, 2.45) is 5.41 Å². The van der Waals surface area contributed by atoms with E-state index in [2.05, 4.69) is 17.2 Å². The number of aromatic nitrogens is 1. The van der Waals surface area contributed by atoms with Crippen LogP contribution >= 0.6 is 11.3 Å². The second kappa shape index (κ2) is 5.87. The van der Waals surface area contributed by atoms with Gasteiger partial charge in [0, 0.05) is 29.1 Å².